The second-order valence-electron chi connectivity index (χ2n) is 8.85. The number of nitrogens with zero attached hydrogens (tertiary/aromatic N) is 2. The molecule has 1 atom stereocenters. The molecule has 178 valence electrons. The van der Waals surface area contributed by atoms with Crippen LogP contribution in [0.25, 0.3) is 0 Å². The molecule has 0 spiro atoms. The third-order valence-electron chi connectivity index (χ3n) is 6.53. The first-order valence-corrected chi connectivity index (χ1v) is 12.6. The van der Waals surface area contributed by atoms with Gasteiger partial charge in [0.05, 0.1) is 12.1 Å². The lowest BCUT2D eigenvalue weighted by molar-refractivity contribution is -0.127. The number of hydrogen-bond acceptors (Lipinski definition) is 5. The van der Waals surface area contributed by atoms with Crippen molar-refractivity contribution in [2.24, 2.45) is 7.05 Å². The van der Waals surface area contributed by atoms with Gasteiger partial charge in [0.2, 0.25) is 18.6 Å². The maximum absolute atomic E-state index is 13.8. The van der Waals surface area contributed by atoms with Crippen LogP contribution in [0.1, 0.15) is 48.7 Å². The number of rotatable bonds is 7. The summed E-state index contributed by atoms with van der Waals surface area (Å²) in [7, 11) is 1.90. The predicted octanol–water partition coefficient (Wildman–Crippen LogP) is 4.58. The molecular weight excluding hydrogens is 450 g/mol. The monoisotopic (exact) mass is 479 g/mol. The summed E-state index contributed by atoms with van der Waals surface area (Å²) in [5, 5.41) is 5.21. The van der Waals surface area contributed by atoms with Gasteiger partial charge in [0.15, 0.2) is 17.5 Å². The zero-order valence-electron chi connectivity index (χ0n) is 19.2. The molecule has 1 aromatic carbocycles. The Morgan fingerprint density at radius 2 is 1.94 bits per heavy atom. The van der Waals surface area contributed by atoms with Crippen LogP contribution < -0.4 is 19.7 Å². The summed E-state index contributed by atoms with van der Waals surface area (Å²) >= 11 is 1.54. The highest BCUT2D eigenvalue weighted by Crippen LogP contribution is 2.38. The molecule has 2 amide bonds. The van der Waals surface area contributed by atoms with Gasteiger partial charge in [-0.25, -0.2) is 0 Å². The molecule has 0 saturated heterocycles. The van der Waals surface area contributed by atoms with Crippen LogP contribution in [-0.2, 0) is 23.1 Å². The van der Waals surface area contributed by atoms with E-state index in [9.17, 15) is 9.59 Å². The largest absolute Gasteiger partial charge is 0.454 e. The van der Waals surface area contributed by atoms with E-state index in [4.69, 9.17) is 9.47 Å². The topological polar surface area (TPSA) is 72.8 Å². The second kappa shape index (κ2) is 9.93. The van der Waals surface area contributed by atoms with Gasteiger partial charge in [-0.1, -0.05) is 25.3 Å². The van der Waals surface area contributed by atoms with Crippen molar-refractivity contribution in [3.8, 4) is 11.5 Å². The number of carbonyl (C=O) groups is 2. The molecule has 2 aromatic heterocycles. The average molecular weight is 480 g/mol. The van der Waals surface area contributed by atoms with Gasteiger partial charge < -0.3 is 19.4 Å². The van der Waals surface area contributed by atoms with Gasteiger partial charge in [-0.05, 0) is 48.6 Å². The average Bonchev–Trinajstić information content (AvgIpc) is 3.60. The SMILES string of the molecule is Cn1cccc1[C@@H](C(=O)NC1CCCCC1)N(C(=O)Cc1cccs1)c1ccc2c(c1)OCO2. The molecule has 34 heavy (non-hydrogen) atoms. The number of anilines is 1. The molecule has 0 unspecified atom stereocenters. The minimum Gasteiger partial charge on any atom is -0.454 e. The van der Waals surface area contributed by atoms with Crippen LogP contribution in [0.15, 0.2) is 54.0 Å². The first-order chi connectivity index (χ1) is 16.6. The predicted molar refractivity (Wildman–Crippen MR) is 131 cm³/mol. The van der Waals surface area contributed by atoms with Crippen molar-refractivity contribution in [1.82, 2.24) is 9.88 Å². The third kappa shape index (κ3) is 4.68. The zero-order chi connectivity index (χ0) is 23.5. The Kier molecular flexibility index (Phi) is 6.58. The summed E-state index contributed by atoms with van der Waals surface area (Å²) in [6, 6.07) is 12.4. The summed E-state index contributed by atoms with van der Waals surface area (Å²) in [5.74, 6) is 0.901. The van der Waals surface area contributed by atoms with Crippen molar-refractivity contribution < 1.29 is 19.1 Å². The van der Waals surface area contributed by atoms with Crippen molar-refractivity contribution in [2.75, 3.05) is 11.7 Å². The summed E-state index contributed by atoms with van der Waals surface area (Å²) < 4.78 is 13.0. The van der Waals surface area contributed by atoms with Crippen molar-refractivity contribution in [1.29, 1.82) is 0 Å². The van der Waals surface area contributed by atoms with E-state index < -0.39 is 6.04 Å². The summed E-state index contributed by atoms with van der Waals surface area (Å²) in [6.07, 6.45) is 7.49. The summed E-state index contributed by atoms with van der Waals surface area (Å²) in [6.45, 7) is 0.144. The van der Waals surface area contributed by atoms with Crippen molar-refractivity contribution in [3.05, 3.63) is 64.6 Å². The Labute approximate surface area is 203 Å². The maximum atomic E-state index is 13.8. The van der Waals surface area contributed by atoms with Gasteiger partial charge in [-0.3, -0.25) is 14.5 Å². The van der Waals surface area contributed by atoms with Gasteiger partial charge in [0.25, 0.3) is 0 Å². The van der Waals surface area contributed by atoms with E-state index in [0.29, 0.717) is 17.2 Å². The first kappa shape index (κ1) is 22.5. The molecule has 1 saturated carbocycles. The van der Waals surface area contributed by atoms with Crippen LogP contribution in [0.5, 0.6) is 11.5 Å². The number of amides is 2. The van der Waals surface area contributed by atoms with E-state index in [2.05, 4.69) is 5.32 Å². The smallest absolute Gasteiger partial charge is 0.249 e. The minimum absolute atomic E-state index is 0.134. The molecule has 5 rings (SSSR count). The van der Waals surface area contributed by atoms with Crippen molar-refractivity contribution in [2.45, 2.75) is 50.6 Å². The van der Waals surface area contributed by atoms with E-state index in [1.54, 1.807) is 17.0 Å². The minimum atomic E-state index is -0.810. The van der Waals surface area contributed by atoms with E-state index in [1.165, 1.54) is 17.8 Å². The van der Waals surface area contributed by atoms with E-state index in [1.807, 2.05) is 53.5 Å². The van der Waals surface area contributed by atoms with Crippen LogP contribution in [0.3, 0.4) is 0 Å². The Bertz CT molecular complexity index is 1150. The molecule has 8 heteroatoms. The fourth-order valence-corrected chi connectivity index (χ4v) is 5.48. The number of aryl methyl sites for hydroxylation is 1. The van der Waals surface area contributed by atoms with Gasteiger partial charge in [-0.2, -0.15) is 0 Å². The third-order valence-corrected chi connectivity index (χ3v) is 7.41. The number of carbonyl (C=O) groups excluding carboxylic acids is 2. The number of fused-ring (bicyclic) bond motifs is 1. The summed E-state index contributed by atoms with van der Waals surface area (Å²) in [4.78, 5) is 30.2. The van der Waals surface area contributed by atoms with E-state index >= 15 is 0 Å². The number of aromatic nitrogens is 1. The molecule has 2 aliphatic rings. The lowest BCUT2D eigenvalue weighted by Crippen LogP contribution is -2.48. The van der Waals surface area contributed by atoms with Crippen LogP contribution in [0.2, 0.25) is 0 Å². The van der Waals surface area contributed by atoms with E-state index in [-0.39, 0.29) is 31.1 Å². The van der Waals surface area contributed by atoms with Gasteiger partial charge in [0, 0.05) is 35.9 Å². The van der Waals surface area contributed by atoms with E-state index in [0.717, 1.165) is 36.3 Å². The number of nitrogens with one attached hydrogen (secondary N) is 1. The van der Waals surface area contributed by atoms with Crippen LogP contribution in [0, 0.1) is 0 Å². The lowest BCUT2D eigenvalue weighted by Gasteiger charge is -2.33. The fourth-order valence-electron chi connectivity index (χ4n) is 4.79. The highest BCUT2D eigenvalue weighted by Gasteiger charge is 2.36. The van der Waals surface area contributed by atoms with Crippen LogP contribution in [0.4, 0.5) is 5.69 Å². The molecule has 3 aromatic rings. The molecule has 7 nitrogen and oxygen atoms in total. The fraction of sp³-hybridized carbons (Fsp3) is 0.385. The maximum Gasteiger partial charge on any atom is 0.249 e. The zero-order valence-corrected chi connectivity index (χ0v) is 20.1. The van der Waals surface area contributed by atoms with Gasteiger partial charge in [0.1, 0.15) is 0 Å². The first-order valence-electron chi connectivity index (χ1n) is 11.8. The van der Waals surface area contributed by atoms with Crippen LogP contribution >= 0.6 is 11.3 Å². The summed E-state index contributed by atoms with van der Waals surface area (Å²) in [5.41, 5.74) is 1.36. The molecule has 0 bridgehead atoms. The van der Waals surface area contributed by atoms with Crippen molar-refractivity contribution >= 4 is 28.8 Å². The molecule has 0 radical (unpaired) electrons. The quantitative estimate of drug-likeness (QED) is 0.538. The molecular formula is C26H29N3O4S. The highest BCUT2D eigenvalue weighted by atomic mass is 32.1. The van der Waals surface area contributed by atoms with Crippen LogP contribution in [-0.4, -0.2) is 29.2 Å². The lowest BCUT2D eigenvalue weighted by atomic mass is 9.95. The molecule has 1 N–H and O–H groups in total. The molecule has 1 aliphatic carbocycles. The Morgan fingerprint density at radius 3 is 2.68 bits per heavy atom. The van der Waals surface area contributed by atoms with Gasteiger partial charge in [-0.15, -0.1) is 11.3 Å². The number of thiophene rings is 1. The number of hydrogen-bond donors (Lipinski definition) is 1. The second-order valence-corrected chi connectivity index (χ2v) is 9.88. The Balaban J connectivity index is 1.55. The Hall–Kier alpha value is -3.26. The highest BCUT2D eigenvalue weighted by molar-refractivity contribution is 7.10. The normalized spacial score (nSPS) is 16.3. The Morgan fingerprint density at radius 1 is 1.12 bits per heavy atom. The standard InChI is InChI=1S/C26H29N3O4S/c1-28-13-5-10-21(28)25(26(31)27-18-7-3-2-4-8-18)29(24(30)16-20-9-6-14-34-20)19-11-12-22-23(15-19)33-17-32-22/h5-6,9-15,18,25H,2-4,7-8,16-17H2,1H3,(H,27,31)/t25-/m0/s1. The number of ether oxygens (including phenoxy) is 2. The van der Waals surface area contributed by atoms with Gasteiger partial charge >= 0.3 is 0 Å². The molecule has 1 aliphatic heterocycles. The number of benzene rings is 1. The van der Waals surface area contributed by atoms with Crippen molar-refractivity contribution in [3.63, 3.8) is 0 Å². The molecule has 1 fully saturated rings. The molecule has 3 heterocycles.